The van der Waals surface area contributed by atoms with Crippen LogP contribution in [-0.4, -0.2) is 24.1 Å². The lowest BCUT2D eigenvalue weighted by atomic mass is 9.86. The molecule has 0 saturated heterocycles. The minimum Gasteiger partial charge on any atom is -0.409 e. The second kappa shape index (κ2) is 5.47. The molecule has 0 heterocycles. The Kier molecular flexibility index (Phi) is 4.39. The Morgan fingerprint density at radius 2 is 2.00 bits per heavy atom. The van der Waals surface area contributed by atoms with Gasteiger partial charge in [-0.15, -0.1) is 0 Å². The SMILES string of the molecule is CC(N(C)c1ccc(F)cc1C(N)=NO)C(C)(C)C. The second-order valence-corrected chi connectivity index (χ2v) is 5.80. The summed E-state index contributed by atoms with van der Waals surface area (Å²) in [5, 5.41) is 11.8. The fourth-order valence-electron chi connectivity index (χ4n) is 1.86. The lowest BCUT2D eigenvalue weighted by Gasteiger charge is -2.37. The molecule has 1 unspecified atom stereocenters. The molecule has 0 radical (unpaired) electrons. The Bertz CT molecular complexity index is 480. The van der Waals surface area contributed by atoms with E-state index in [1.165, 1.54) is 12.1 Å². The minimum atomic E-state index is -0.415. The molecule has 0 saturated carbocycles. The average Bonchev–Trinajstić information content (AvgIpc) is 2.34. The minimum absolute atomic E-state index is 0.0471. The van der Waals surface area contributed by atoms with Gasteiger partial charge in [-0.3, -0.25) is 0 Å². The first-order valence-corrected chi connectivity index (χ1v) is 6.18. The van der Waals surface area contributed by atoms with Crippen molar-refractivity contribution >= 4 is 11.5 Å². The maximum Gasteiger partial charge on any atom is 0.172 e. The van der Waals surface area contributed by atoms with E-state index in [0.29, 0.717) is 5.56 Å². The molecule has 0 aromatic heterocycles. The van der Waals surface area contributed by atoms with Gasteiger partial charge in [0.2, 0.25) is 0 Å². The van der Waals surface area contributed by atoms with Crippen molar-refractivity contribution < 1.29 is 9.60 Å². The van der Waals surface area contributed by atoms with E-state index in [9.17, 15) is 4.39 Å². The summed E-state index contributed by atoms with van der Waals surface area (Å²) in [5.41, 5.74) is 6.79. The van der Waals surface area contributed by atoms with E-state index in [4.69, 9.17) is 10.9 Å². The molecule has 0 spiro atoms. The van der Waals surface area contributed by atoms with E-state index in [0.717, 1.165) is 5.69 Å². The first kappa shape index (κ1) is 15.3. The quantitative estimate of drug-likeness (QED) is 0.383. The number of amidine groups is 1. The Hall–Kier alpha value is -1.78. The fraction of sp³-hybridized carbons (Fsp3) is 0.500. The molecule has 3 N–H and O–H groups in total. The summed E-state index contributed by atoms with van der Waals surface area (Å²) in [5.74, 6) is -0.510. The van der Waals surface area contributed by atoms with E-state index in [1.807, 2.05) is 11.9 Å². The molecule has 0 aliphatic carbocycles. The van der Waals surface area contributed by atoms with Gasteiger partial charge in [0.25, 0.3) is 0 Å². The number of hydrogen-bond donors (Lipinski definition) is 2. The molecule has 0 amide bonds. The largest absolute Gasteiger partial charge is 0.409 e. The molecule has 0 fully saturated rings. The van der Waals surface area contributed by atoms with Crippen molar-refractivity contribution in [2.24, 2.45) is 16.3 Å². The highest BCUT2D eigenvalue weighted by Gasteiger charge is 2.26. The van der Waals surface area contributed by atoms with Crippen molar-refractivity contribution in [1.29, 1.82) is 0 Å². The molecular weight excluding hydrogens is 245 g/mol. The van der Waals surface area contributed by atoms with Gasteiger partial charge in [-0.05, 0) is 30.5 Å². The summed E-state index contributed by atoms with van der Waals surface area (Å²) in [6.07, 6.45) is 0. The van der Waals surface area contributed by atoms with Gasteiger partial charge < -0.3 is 15.8 Å². The summed E-state index contributed by atoms with van der Waals surface area (Å²) >= 11 is 0. The normalized spacial score (nSPS) is 14.3. The number of nitrogens with two attached hydrogens (primary N) is 1. The van der Waals surface area contributed by atoms with Crippen molar-refractivity contribution in [2.45, 2.75) is 33.7 Å². The van der Waals surface area contributed by atoms with Crippen LogP contribution in [0.1, 0.15) is 33.3 Å². The predicted molar refractivity (Wildman–Crippen MR) is 76.2 cm³/mol. The van der Waals surface area contributed by atoms with Crippen LogP contribution >= 0.6 is 0 Å². The number of nitrogens with zero attached hydrogens (tertiary/aromatic N) is 2. The van der Waals surface area contributed by atoms with E-state index >= 15 is 0 Å². The highest BCUT2D eigenvalue weighted by Crippen LogP contribution is 2.29. The van der Waals surface area contributed by atoms with Gasteiger partial charge in [-0.1, -0.05) is 25.9 Å². The van der Waals surface area contributed by atoms with Crippen LogP contribution in [0.3, 0.4) is 0 Å². The Morgan fingerprint density at radius 1 is 1.42 bits per heavy atom. The Labute approximate surface area is 113 Å². The third-order valence-electron chi connectivity index (χ3n) is 3.56. The van der Waals surface area contributed by atoms with Gasteiger partial charge >= 0.3 is 0 Å². The first-order chi connectivity index (χ1) is 8.68. The van der Waals surface area contributed by atoms with Crippen LogP contribution in [0.15, 0.2) is 23.4 Å². The lowest BCUT2D eigenvalue weighted by molar-refractivity contribution is 0.318. The molecule has 1 aromatic carbocycles. The van der Waals surface area contributed by atoms with Crippen LogP contribution in [-0.2, 0) is 0 Å². The van der Waals surface area contributed by atoms with Crippen molar-refractivity contribution in [2.75, 3.05) is 11.9 Å². The fourth-order valence-corrected chi connectivity index (χ4v) is 1.86. The van der Waals surface area contributed by atoms with Gasteiger partial charge in [-0.2, -0.15) is 0 Å². The zero-order chi connectivity index (χ0) is 14.8. The van der Waals surface area contributed by atoms with Crippen molar-refractivity contribution in [3.63, 3.8) is 0 Å². The highest BCUT2D eigenvalue weighted by atomic mass is 19.1. The molecule has 106 valence electrons. The average molecular weight is 267 g/mol. The van der Waals surface area contributed by atoms with E-state index < -0.39 is 5.82 Å². The van der Waals surface area contributed by atoms with Crippen LogP contribution in [0.5, 0.6) is 0 Å². The number of hydrogen-bond acceptors (Lipinski definition) is 3. The Morgan fingerprint density at radius 3 is 2.47 bits per heavy atom. The first-order valence-electron chi connectivity index (χ1n) is 6.18. The molecule has 19 heavy (non-hydrogen) atoms. The molecule has 1 rings (SSSR count). The van der Waals surface area contributed by atoms with E-state index in [-0.39, 0.29) is 17.3 Å². The standard InChI is InChI=1S/C14H22FN3O/c1-9(14(2,3)4)18(5)12-7-6-10(15)8-11(12)13(16)17-19/h6-9,19H,1-5H3,(H2,16,17). The second-order valence-electron chi connectivity index (χ2n) is 5.80. The molecule has 5 heteroatoms. The summed E-state index contributed by atoms with van der Waals surface area (Å²) in [7, 11) is 1.91. The maximum atomic E-state index is 13.3. The van der Waals surface area contributed by atoms with Gasteiger partial charge in [0.05, 0.1) is 0 Å². The molecule has 1 atom stereocenters. The van der Waals surface area contributed by atoms with Crippen LogP contribution in [0.4, 0.5) is 10.1 Å². The van der Waals surface area contributed by atoms with Gasteiger partial charge in [0.1, 0.15) is 5.82 Å². The van der Waals surface area contributed by atoms with Crippen LogP contribution in [0.2, 0.25) is 0 Å². The topological polar surface area (TPSA) is 61.8 Å². The third kappa shape index (κ3) is 3.36. The monoisotopic (exact) mass is 267 g/mol. The van der Waals surface area contributed by atoms with Gasteiger partial charge in [0, 0.05) is 24.3 Å². The molecule has 4 nitrogen and oxygen atoms in total. The van der Waals surface area contributed by atoms with Crippen LogP contribution in [0.25, 0.3) is 0 Å². The summed E-state index contributed by atoms with van der Waals surface area (Å²) in [6.45, 7) is 8.46. The number of oxime groups is 1. The summed E-state index contributed by atoms with van der Waals surface area (Å²) in [4.78, 5) is 2.01. The van der Waals surface area contributed by atoms with Crippen LogP contribution in [0, 0.1) is 11.2 Å². The Balaban J connectivity index is 3.27. The zero-order valence-electron chi connectivity index (χ0n) is 12.1. The zero-order valence-corrected chi connectivity index (χ0v) is 12.1. The smallest absolute Gasteiger partial charge is 0.172 e. The summed E-state index contributed by atoms with van der Waals surface area (Å²) < 4.78 is 13.3. The van der Waals surface area contributed by atoms with Crippen LogP contribution < -0.4 is 10.6 Å². The highest BCUT2D eigenvalue weighted by molar-refractivity contribution is 6.02. The number of halogens is 1. The molecule has 1 aromatic rings. The number of benzene rings is 1. The molecule has 0 bridgehead atoms. The molecular formula is C14H22FN3O. The van der Waals surface area contributed by atoms with E-state index in [2.05, 4.69) is 32.9 Å². The number of anilines is 1. The lowest BCUT2D eigenvalue weighted by Crippen LogP contribution is -2.40. The number of rotatable bonds is 3. The van der Waals surface area contributed by atoms with Gasteiger partial charge in [-0.25, -0.2) is 4.39 Å². The molecule has 0 aliphatic heterocycles. The van der Waals surface area contributed by atoms with Crippen molar-refractivity contribution in [1.82, 2.24) is 0 Å². The third-order valence-corrected chi connectivity index (χ3v) is 3.56. The van der Waals surface area contributed by atoms with Crippen molar-refractivity contribution in [3.8, 4) is 0 Å². The van der Waals surface area contributed by atoms with Gasteiger partial charge in [0.15, 0.2) is 5.84 Å². The van der Waals surface area contributed by atoms with E-state index in [1.54, 1.807) is 6.07 Å². The predicted octanol–water partition coefficient (Wildman–Crippen LogP) is 2.79. The maximum absolute atomic E-state index is 13.3. The molecule has 0 aliphatic rings. The van der Waals surface area contributed by atoms with Crippen molar-refractivity contribution in [3.05, 3.63) is 29.6 Å². The summed E-state index contributed by atoms with van der Waals surface area (Å²) in [6, 6.07) is 4.49.